The number of esters is 2. The molecule has 1 fully saturated rings. The number of benzene rings is 1. The molecule has 1 heterocycles. The van der Waals surface area contributed by atoms with Crippen LogP contribution in [0.25, 0.3) is 0 Å². The monoisotopic (exact) mass is 469 g/mol. The Bertz CT molecular complexity index is 993. The Labute approximate surface area is 189 Å². The van der Waals surface area contributed by atoms with E-state index < -0.39 is 18.1 Å². The standard InChI is InChI=1S/C23H26F3NO6/c1-12(33-20(28)14-7-5-4-6-8-14)9-10-15-18(27-22(30)23(24,25)26)17-16(11-32-21(17)29)13(2)19(15)31-3/h9,14H,4-8,10-11H2,1-3H3,(H,27,30). The molecule has 1 amide bonds. The Hall–Kier alpha value is -3.04. The van der Waals surface area contributed by atoms with Crippen LogP contribution in [0.1, 0.15) is 66.1 Å². The average molecular weight is 469 g/mol. The number of fused-ring (bicyclic) bond motifs is 1. The predicted molar refractivity (Wildman–Crippen MR) is 112 cm³/mol. The van der Waals surface area contributed by atoms with E-state index in [9.17, 15) is 27.6 Å². The Balaban J connectivity index is 1.95. The molecule has 7 nitrogen and oxygen atoms in total. The first-order valence-corrected chi connectivity index (χ1v) is 10.7. The van der Waals surface area contributed by atoms with E-state index >= 15 is 0 Å². The maximum absolute atomic E-state index is 13.0. The summed E-state index contributed by atoms with van der Waals surface area (Å²) in [4.78, 5) is 36.4. The van der Waals surface area contributed by atoms with Crippen LogP contribution in [-0.2, 0) is 32.1 Å². The van der Waals surface area contributed by atoms with Crippen molar-refractivity contribution in [1.82, 2.24) is 0 Å². The molecule has 1 aliphatic carbocycles. The summed E-state index contributed by atoms with van der Waals surface area (Å²) in [7, 11) is 1.34. The Kier molecular flexibility index (Phi) is 7.34. The maximum Gasteiger partial charge on any atom is 0.471 e. The molecule has 1 saturated carbocycles. The molecule has 0 bridgehead atoms. The van der Waals surface area contributed by atoms with Crippen molar-refractivity contribution in [3.63, 3.8) is 0 Å². The highest BCUT2D eigenvalue weighted by molar-refractivity contribution is 6.07. The molecule has 0 radical (unpaired) electrons. The number of carbonyl (C=O) groups excluding carboxylic acids is 3. The number of cyclic esters (lactones) is 1. The lowest BCUT2D eigenvalue weighted by Gasteiger charge is -2.21. The van der Waals surface area contributed by atoms with Crippen molar-refractivity contribution in [2.45, 2.75) is 65.2 Å². The molecule has 2 aliphatic rings. The van der Waals surface area contributed by atoms with E-state index in [4.69, 9.17) is 14.2 Å². The predicted octanol–water partition coefficient (Wildman–Crippen LogP) is 4.74. The molecular formula is C23H26F3NO6. The van der Waals surface area contributed by atoms with E-state index in [0.29, 0.717) is 11.1 Å². The van der Waals surface area contributed by atoms with Crippen LogP contribution < -0.4 is 10.1 Å². The van der Waals surface area contributed by atoms with E-state index in [1.807, 2.05) is 5.32 Å². The first-order valence-electron chi connectivity index (χ1n) is 10.7. The van der Waals surface area contributed by atoms with Crippen molar-refractivity contribution in [2.24, 2.45) is 5.92 Å². The molecule has 10 heteroatoms. The van der Waals surface area contributed by atoms with Gasteiger partial charge in [-0.2, -0.15) is 13.2 Å². The number of allylic oxidation sites excluding steroid dienone is 2. The first-order chi connectivity index (χ1) is 15.5. The first kappa shape index (κ1) is 24.6. The van der Waals surface area contributed by atoms with Crippen molar-refractivity contribution >= 4 is 23.5 Å². The lowest BCUT2D eigenvalue weighted by atomic mass is 9.89. The molecule has 3 rings (SSSR count). The van der Waals surface area contributed by atoms with Gasteiger partial charge in [0.25, 0.3) is 0 Å². The number of amides is 1. The summed E-state index contributed by atoms with van der Waals surface area (Å²) in [5.74, 6) is -3.08. The molecule has 1 aliphatic heterocycles. The van der Waals surface area contributed by atoms with Gasteiger partial charge in [-0.15, -0.1) is 0 Å². The summed E-state index contributed by atoms with van der Waals surface area (Å²) in [5, 5.41) is 1.82. The summed E-state index contributed by atoms with van der Waals surface area (Å²) in [5.41, 5.74) is 0.565. The van der Waals surface area contributed by atoms with Crippen molar-refractivity contribution in [1.29, 1.82) is 0 Å². The van der Waals surface area contributed by atoms with Gasteiger partial charge < -0.3 is 19.5 Å². The topological polar surface area (TPSA) is 90.9 Å². The number of methoxy groups -OCH3 is 1. The van der Waals surface area contributed by atoms with E-state index in [2.05, 4.69) is 0 Å². The molecule has 0 saturated heterocycles. The van der Waals surface area contributed by atoms with Crippen molar-refractivity contribution in [3.05, 3.63) is 34.1 Å². The number of carbonyl (C=O) groups is 3. The molecule has 1 aromatic carbocycles. The van der Waals surface area contributed by atoms with Crippen molar-refractivity contribution in [2.75, 3.05) is 12.4 Å². The number of hydrogen-bond donors (Lipinski definition) is 1. The van der Waals surface area contributed by atoms with Gasteiger partial charge in [-0.25, -0.2) is 4.79 Å². The number of rotatable bonds is 6. The van der Waals surface area contributed by atoms with E-state index in [1.54, 1.807) is 13.8 Å². The summed E-state index contributed by atoms with van der Waals surface area (Å²) >= 11 is 0. The number of hydrogen-bond acceptors (Lipinski definition) is 6. The number of anilines is 1. The van der Waals surface area contributed by atoms with Crippen LogP contribution in [0.5, 0.6) is 5.75 Å². The fraction of sp³-hybridized carbons (Fsp3) is 0.522. The van der Waals surface area contributed by atoms with Crippen LogP contribution in [0, 0.1) is 12.8 Å². The molecular weight excluding hydrogens is 443 g/mol. The lowest BCUT2D eigenvalue weighted by Crippen LogP contribution is -2.31. The molecule has 0 atom stereocenters. The van der Waals surface area contributed by atoms with Crippen molar-refractivity contribution in [3.8, 4) is 5.75 Å². The number of halogens is 3. The minimum atomic E-state index is -5.16. The smallest absolute Gasteiger partial charge is 0.471 e. The zero-order valence-corrected chi connectivity index (χ0v) is 18.7. The van der Waals surface area contributed by atoms with Gasteiger partial charge in [0.2, 0.25) is 0 Å². The zero-order valence-electron chi connectivity index (χ0n) is 18.7. The van der Waals surface area contributed by atoms with Gasteiger partial charge in [0.05, 0.1) is 24.3 Å². The summed E-state index contributed by atoms with van der Waals surface area (Å²) in [6.07, 6.45) is 0.838. The largest absolute Gasteiger partial charge is 0.496 e. The number of nitrogens with one attached hydrogen (secondary N) is 1. The molecule has 1 N–H and O–H groups in total. The zero-order chi connectivity index (χ0) is 24.3. The molecule has 33 heavy (non-hydrogen) atoms. The fourth-order valence-electron chi connectivity index (χ4n) is 4.24. The lowest BCUT2D eigenvalue weighted by molar-refractivity contribution is -0.167. The van der Waals surface area contributed by atoms with E-state index in [1.165, 1.54) is 13.2 Å². The quantitative estimate of drug-likeness (QED) is 0.478. The summed E-state index contributed by atoms with van der Waals surface area (Å²) < 4.78 is 54.8. The van der Waals surface area contributed by atoms with Crippen LogP contribution in [0.3, 0.4) is 0 Å². The highest BCUT2D eigenvalue weighted by Crippen LogP contribution is 2.42. The molecule has 180 valence electrons. The van der Waals surface area contributed by atoms with Gasteiger partial charge in [0, 0.05) is 11.1 Å². The highest BCUT2D eigenvalue weighted by Gasteiger charge is 2.41. The molecule has 0 spiro atoms. The van der Waals surface area contributed by atoms with Crippen LogP contribution >= 0.6 is 0 Å². The Morgan fingerprint density at radius 2 is 1.88 bits per heavy atom. The van der Waals surface area contributed by atoms with Gasteiger partial charge in [-0.1, -0.05) is 19.3 Å². The van der Waals surface area contributed by atoms with E-state index in [-0.39, 0.29) is 53.2 Å². The molecule has 1 aromatic rings. The number of ether oxygens (including phenoxy) is 3. The number of alkyl halides is 3. The highest BCUT2D eigenvalue weighted by atomic mass is 19.4. The second-order valence-electron chi connectivity index (χ2n) is 8.17. The molecule has 0 aromatic heterocycles. The average Bonchev–Trinajstić information content (AvgIpc) is 3.16. The maximum atomic E-state index is 13.0. The Morgan fingerprint density at radius 1 is 1.21 bits per heavy atom. The van der Waals surface area contributed by atoms with Crippen LogP contribution in [0.2, 0.25) is 0 Å². The van der Waals surface area contributed by atoms with Crippen LogP contribution in [0.4, 0.5) is 18.9 Å². The third kappa shape index (κ3) is 5.31. The van der Waals surface area contributed by atoms with Gasteiger partial charge >= 0.3 is 24.0 Å². The fourth-order valence-corrected chi connectivity index (χ4v) is 4.24. The third-order valence-corrected chi connectivity index (χ3v) is 5.97. The van der Waals surface area contributed by atoms with Gasteiger partial charge in [0.1, 0.15) is 18.1 Å². The third-order valence-electron chi connectivity index (χ3n) is 5.97. The second kappa shape index (κ2) is 9.84. The second-order valence-corrected chi connectivity index (χ2v) is 8.17. The van der Waals surface area contributed by atoms with Gasteiger partial charge in [0.15, 0.2) is 0 Å². The van der Waals surface area contributed by atoms with Crippen LogP contribution in [0.15, 0.2) is 11.8 Å². The van der Waals surface area contributed by atoms with E-state index in [0.717, 1.165) is 32.1 Å². The summed E-state index contributed by atoms with van der Waals surface area (Å²) in [6, 6.07) is 0. The minimum Gasteiger partial charge on any atom is -0.496 e. The molecule has 0 unspecified atom stereocenters. The van der Waals surface area contributed by atoms with Crippen molar-refractivity contribution < 1.29 is 41.8 Å². The normalized spacial score (nSPS) is 16.8. The Morgan fingerprint density at radius 3 is 2.48 bits per heavy atom. The SMILES string of the molecule is COc1c(C)c2c(c(NC(=O)C(F)(F)F)c1CC=C(C)OC(=O)C1CCCCC1)C(=O)OC2. The minimum absolute atomic E-state index is 0.0537. The van der Waals surface area contributed by atoms with Crippen LogP contribution in [-0.4, -0.2) is 31.1 Å². The van der Waals surface area contributed by atoms with Gasteiger partial charge in [-0.3, -0.25) is 9.59 Å². The summed E-state index contributed by atoms with van der Waals surface area (Å²) in [6.45, 7) is 3.08. The van der Waals surface area contributed by atoms with Gasteiger partial charge in [-0.05, 0) is 44.7 Å².